The summed E-state index contributed by atoms with van der Waals surface area (Å²) in [6.07, 6.45) is 5.80. The predicted molar refractivity (Wildman–Crippen MR) is 136 cm³/mol. The Hall–Kier alpha value is -2.51. The number of nitrogens with zero attached hydrogens (tertiary/aromatic N) is 2. The Kier molecular flexibility index (Phi) is 8.88. The lowest BCUT2D eigenvalue weighted by Gasteiger charge is -2.35. The van der Waals surface area contributed by atoms with E-state index >= 15 is 0 Å². The quantitative estimate of drug-likeness (QED) is 0.539. The van der Waals surface area contributed by atoms with Crippen molar-refractivity contribution >= 4 is 23.6 Å². The lowest BCUT2D eigenvalue weighted by Crippen LogP contribution is -2.40. The van der Waals surface area contributed by atoms with Crippen LogP contribution < -0.4 is 10.1 Å². The molecule has 1 unspecified atom stereocenters. The normalized spacial score (nSPS) is 17.4. The van der Waals surface area contributed by atoms with Gasteiger partial charge in [-0.2, -0.15) is 0 Å². The number of hydrogen-bond acceptors (Lipinski definition) is 5. The van der Waals surface area contributed by atoms with Gasteiger partial charge in [0.05, 0.1) is 24.5 Å². The van der Waals surface area contributed by atoms with Gasteiger partial charge in [-0.1, -0.05) is 30.7 Å². The maximum atomic E-state index is 13.2. The van der Waals surface area contributed by atoms with Crippen LogP contribution in [0.3, 0.4) is 0 Å². The molecule has 0 aliphatic carbocycles. The molecule has 34 heavy (non-hydrogen) atoms. The number of rotatable bonds is 9. The summed E-state index contributed by atoms with van der Waals surface area (Å²) in [6, 6.07) is 15.9. The summed E-state index contributed by atoms with van der Waals surface area (Å²) in [5.41, 5.74) is 1.82. The number of piperidine rings is 1. The highest BCUT2D eigenvalue weighted by molar-refractivity contribution is 8.00. The smallest absolute Gasteiger partial charge is 0.252 e. The zero-order valence-corrected chi connectivity index (χ0v) is 20.8. The number of benzene rings is 2. The highest BCUT2D eigenvalue weighted by Crippen LogP contribution is 2.27. The number of amides is 2. The molecule has 2 fully saturated rings. The SMILES string of the molecule is COc1ccc(C(CNC(=O)c2ccccc2SCC(=O)N2CCCC2)N2CCCCC2)cc1. The van der Waals surface area contributed by atoms with E-state index in [4.69, 9.17) is 4.74 Å². The van der Waals surface area contributed by atoms with Crippen LogP contribution in [-0.2, 0) is 4.79 Å². The molecule has 0 spiro atoms. The minimum Gasteiger partial charge on any atom is -0.497 e. The molecule has 0 aromatic heterocycles. The second-order valence-electron chi connectivity index (χ2n) is 8.97. The van der Waals surface area contributed by atoms with E-state index in [1.54, 1.807) is 7.11 Å². The van der Waals surface area contributed by atoms with Crippen LogP contribution in [0.4, 0.5) is 0 Å². The molecule has 1 atom stereocenters. The number of hydrogen-bond donors (Lipinski definition) is 1. The molecule has 0 saturated carbocycles. The Balaban J connectivity index is 1.42. The molecule has 2 aromatic rings. The third-order valence-corrected chi connectivity index (χ3v) is 7.79. The van der Waals surface area contributed by atoms with Gasteiger partial charge < -0.3 is 15.0 Å². The highest BCUT2D eigenvalue weighted by atomic mass is 32.2. The summed E-state index contributed by atoms with van der Waals surface area (Å²) in [5, 5.41) is 3.19. The van der Waals surface area contributed by atoms with E-state index in [1.165, 1.54) is 36.6 Å². The first-order valence-corrected chi connectivity index (χ1v) is 13.3. The van der Waals surface area contributed by atoms with E-state index < -0.39 is 0 Å². The average Bonchev–Trinajstić information content (AvgIpc) is 3.44. The summed E-state index contributed by atoms with van der Waals surface area (Å²) in [4.78, 5) is 31.0. The minimum absolute atomic E-state index is 0.0905. The molecule has 0 bridgehead atoms. The van der Waals surface area contributed by atoms with Gasteiger partial charge in [0.1, 0.15) is 5.75 Å². The first-order valence-electron chi connectivity index (χ1n) is 12.3. The van der Waals surface area contributed by atoms with Crippen molar-refractivity contribution in [1.82, 2.24) is 15.1 Å². The fourth-order valence-corrected chi connectivity index (χ4v) is 5.73. The lowest BCUT2D eigenvalue weighted by atomic mass is 10.0. The van der Waals surface area contributed by atoms with E-state index in [1.807, 2.05) is 41.3 Å². The molecule has 2 saturated heterocycles. The summed E-state index contributed by atoms with van der Waals surface area (Å²) in [7, 11) is 1.67. The first-order chi connectivity index (χ1) is 16.7. The van der Waals surface area contributed by atoms with Gasteiger partial charge in [-0.25, -0.2) is 0 Å². The Morgan fingerprint density at radius 1 is 0.941 bits per heavy atom. The van der Waals surface area contributed by atoms with Crippen molar-refractivity contribution < 1.29 is 14.3 Å². The Morgan fingerprint density at radius 3 is 2.32 bits per heavy atom. The maximum absolute atomic E-state index is 13.2. The summed E-state index contributed by atoms with van der Waals surface area (Å²) in [6.45, 7) is 4.32. The third kappa shape index (κ3) is 6.33. The fourth-order valence-electron chi connectivity index (χ4n) is 4.78. The van der Waals surface area contributed by atoms with Gasteiger partial charge >= 0.3 is 0 Å². The van der Waals surface area contributed by atoms with Gasteiger partial charge in [-0.3, -0.25) is 14.5 Å². The Morgan fingerprint density at radius 2 is 1.62 bits per heavy atom. The van der Waals surface area contributed by atoms with Crippen molar-refractivity contribution in [3.8, 4) is 5.75 Å². The van der Waals surface area contributed by atoms with Crippen LogP contribution in [0.2, 0.25) is 0 Å². The predicted octanol–water partition coefficient (Wildman–Crippen LogP) is 4.37. The van der Waals surface area contributed by atoms with Crippen molar-refractivity contribution in [1.29, 1.82) is 0 Å². The molecule has 182 valence electrons. The fraction of sp³-hybridized carbons (Fsp3) is 0.481. The molecule has 2 aromatic carbocycles. The van der Waals surface area contributed by atoms with Crippen LogP contribution in [-0.4, -0.2) is 67.2 Å². The van der Waals surface area contributed by atoms with Crippen LogP contribution in [0.25, 0.3) is 0 Å². The maximum Gasteiger partial charge on any atom is 0.252 e. The van der Waals surface area contributed by atoms with Crippen LogP contribution in [0.1, 0.15) is 54.1 Å². The number of likely N-dealkylation sites (tertiary alicyclic amines) is 2. The standard InChI is InChI=1S/C27H35N3O3S/c1-33-22-13-11-21(12-14-22)24(29-15-5-2-6-16-29)19-28-27(32)23-9-3-4-10-25(23)34-20-26(31)30-17-7-8-18-30/h3-4,9-14,24H,2,5-8,15-20H2,1H3,(H,28,32). The van der Waals surface area contributed by atoms with E-state index in [0.717, 1.165) is 49.7 Å². The van der Waals surface area contributed by atoms with E-state index in [2.05, 4.69) is 22.3 Å². The molecule has 0 radical (unpaired) electrons. The molecular formula is C27H35N3O3S. The van der Waals surface area contributed by atoms with Crippen molar-refractivity contribution in [2.75, 3.05) is 45.6 Å². The van der Waals surface area contributed by atoms with Crippen molar-refractivity contribution in [3.05, 3.63) is 59.7 Å². The number of carbonyl (C=O) groups is 2. The van der Waals surface area contributed by atoms with Crippen LogP contribution in [0, 0.1) is 0 Å². The van der Waals surface area contributed by atoms with Gasteiger partial charge in [0.15, 0.2) is 0 Å². The molecule has 2 amide bonds. The molecule has 2 aliphatic rings. The summed E-state index contributed by atoms with van der Waals surface area (Å²) >= 11 is 1.46. The lowest BCUT2D eigenvalue weighted by molar-refractivity contribution is -0.127. The molecular weight excluding hydrogens is 446 g/mol. The van der Waals surface area contributed by atoms with E-state index in [-0.39, 0.29) is 17.9 Å². The van der Waals surface area contributed by atoms with Crippen molar-refractivity contribution in [2.24, 2.45) is 0 Å². The Labute approximate surface area is 207 Å². The van der Waals surface area contributed by atoms with Gasteiger partial charge in [0, 0.05) is 24.5 Å². The minimum atomic E-state index is -0.0905. The number of carbonyl (C=O) groups excluding carboxylic acids is 2. The van der Waals surface area contributed by atoms with E-state index in [9.17, 15) is 9.59 Å². The molecule has 1 N–H and O–H groups in total. The van der Waals surface area contributed by atoms with Crippen molar-refractivity contribution in [3.63, 3.8) is 0 Å². The number of methoxy groups -OCH3 is 1. The molecule has 2 aliphatic heterocycles. The van der Waals surface area contributed by atoms with Crippen LogP contribution in [0.15, 0.2) is 53.4 Å². The van der Waals surface area contributed by atoms with Gasteiger partial charge in [-0.15, -0.1) is 11.8 Å². The van der Waals surface area contributed by atoms with Gasteiger partial charge in [0.2, 0.25) is 5.91 Å². The van der Waals surface area contributed by atoms with Gasteiger partial charge in [0.25, 0.3) is 5.91 Å². The topological polar surface area (TPSA) is 61.9 Å². The highest BCUT2D eigenvalue weighted by Gasteiger charge is 2.24. The first kappa shape index (κ1) is 24.6. The largest absolute Gasteiger partial charge is 0.497 e. The zero-order chi connectivity index (χ0) is 23.8. The molecule has 7 heteroatoms. The molecule has 6 nitrogen and oxygen atoms in total. The second kappa shape index (κ2) is 12.3. The van der Waals surface area contributed by atoms with Gasteiger partial charge in [-0.05, 0) is 68.6 Å². The number of thioether (sulfide) groups is 1. The number of nitrogens with one attached hydrogen (secondary N) is 1. The van der Waals surface area contributed by atoms with E-state index in [0.29, 0.717) is 17.9 Å². The average molecular weight is 482 g/mol. The summed E-state index contributed by atoms with van der Waals surface area (Å²) in [5.74, 6) is 1.27. The third-order valence-electron chi connectivity index (χ3n) is 6.73. The Bertz CT molecular complexity index is 954. The van der Waals surface area contributed by atoms with Crippen molar-refractivity contribution in [2.45, 2.75) is 43.0 Å². The summed E-state index contributed by atoms with van der Waals surface area (Å²) < 4.78 is 5.32. The molecule has 2 heterocycles. The second-order valence-corrected chi connectivity index (χ2v) is 9.99. The number of ether oxygens (including phenoxy) is 1. The molecule has 4 rings (SSSR count). The van der Waals surface area contributed by atoms with Crippen LogP contribution >= 0.6 is 11.8 Å². The van der Waals surface area contributed by atoms with Crippen LogP contribution in [0.5, 0.6) is 5.75 Å². The zero-order valence-electron chi connectivity index (χ0n) is 20.0. The monoisotopic (exact) mass is 481 g/mol.